The fraction of sp³-hybridized carbons (Fsp3) is 0.111. The first-order chi connectivity index (χ1) is 4.97. The van der Waals surface area contributed by atoms with E-state index in [9.17, 15) is 0 Å². The Bertz CT molecular complexity index is 241. The number of hydrogen-bond acceptors (Lipinski definition) is 1. The molecule has 0 unspecified atom stereocenters. The molecule has 0 amide bonds. The Morgan fingerprint density at radius 3 is 2.82 bits per heavy atom. The van der Waals surface area contributed by atoms with Gasteiger partial charge in [0.2, 0.25) is 0 Å². The number of allylic oxidation sites excluding steroid dienone is 1. The van der Waals surface area contributed by atoms with Crippen molar-refractivity contribution in [1.29, 1.82) is 0 Å². The Morgan fingerprint density at radius 1 is 1.18 bits per heavy atom. The van der Waals surface area contributed by atoms with E-state index in [1.807, 2.05) is 24.3 Å². The third-order valence-corrected chi connectivity index (χ3v) is 1.60. The van der Waals surface area contributed by atoms with Crippen LogP contribution in [0, 0.1) is 0 Å². The van der Waals surface area contributed by atoms with Gasteiger partial charge >= 0.3 is 51.4 Å². The normalized spacial score (nSPS) is 12.7. The van der Waals surface area contributed by atoms with Gasteiger partial charge < -0.3 is 4.74 Å². The Kier molecular flexibility index (Phi) is 3.82. The summed E-state index contributed by atoms with van der Waals surface area (Å²) in [4.78, 5) is 0. The van der Waals surface area contributed by atoms with E-state index in [0.717, 1.165) is 12.2 Å². The molecule has 1 aromatic carbocycles. The van der Waals surface area contributed by atoms with Crippen LogP contribution < -0.4 is 4.74 Å². The summed E-state index contributed by atoms with van der Waals surface area (Å²) in [5.41, 5.74) is 1.27. The maximum atomic E-state index is 5.24. The maximum absolute atomic E-state index is 5.24. The summed E-state index contributed by atoms with van der Waals surface area (Å²) in [5.74, 6) is 0.991. The van der Waals surface area contributed by atoms with Crippen LogP contribution in [0.1, 0.15) is 5.56 Å². The molecule has 52 valence electrons. The van der Waals surface area contributed by atoms with Gasteiger partial charge in [0.05, 0.1) is 6.26 Å². The minimum atomic E-state index is 0. The van der Waals surface area contributed by atoms with Crippen molar-refractivity contribution in [3.8, 4) is 5.75 Å². The van der Waals surface area contributed by atoms with Crippen LogP contribution in [0.15, 0.2) is 36.6 Å². The van der Waals surface area contributed by atoms with Crippen molar-refractivity contribution in [2.45, 2.75) is 6.42 Å². The van der Waals surface area contributed by atoms with Gasteiger partial charge in [-0.05, 0) is 24.1 Å². The molecule has 0 radical (unpaired) electrons. The number of fused-ring (bicyclic) bond motifs is 1. The van der Waals surface area contributed by atoms with Crippen molar-refractivity contribution >= 4 is 51.4 Å². The number of para-hydroxylation sites is 1. The fourth-order valence-electron chi connectivity index (χ4n) is 1.08. The van der Waals surface area contributed by atoms with E-state index < -0.39 is 0 Å². The quantitative estimate of drug-likeness (QED) is 0.539. The second-order valence-corrected chi connectivity index (χ2v) is 2.30. The molecule has 0 aromatic heterocycles. The molecule has 1 aromatic rings. The average Bonchev–Trinajstić information content (AvgIpc) is 2.05. The number of benzene rings is 1. The average molecular weight is 172 g/mol. The molecule has 0 saturated carbocycles. The topological polar surface area (TPSA) is 9.23 Å². The molecule has 1 aliphatic heterocycles. The van der Waals surface area contributed by atoms with E-state index in [1.54, 1.807) is 6.26 Å². The van der Waals surface area contributed by atoms with Gasteiger partial charge in [0.1, 0.15) is 5.75 Å². The molecule has 1 heterocycles. The van der Waals surface area contributed by atoms with Crippen LogP contribution in [0.3, 0.4) is 0 Å². The van der Waals surface area contributed by atoms with Gasteiger partial charge in [-0.2, -0.15) is 0 Å². The molecule has 2 rings (SSSR count). The van der Waals surface area contributed by atoms with Crippen LogP contribution in [-0.2, 0) is 6.42 Å². The van der Waals surface area contributed by atoms with Crippen LogP contribution in [0.4, 0.5) is 0 Å². The molecule has 1 nitrogen and oxygen atoms in total. The van der Waals surface area contributed by atoms with Crippen molar-refractivity contribution < 1.29 is 4.74 Å². The molecule has 1 aliphatic rings. The fourth-order valence-corrected chi connectivity index (χ4v) is 1.08. The van der Waals surface area contributed by atoms with E-state index in [0.29, 0.717) is 0 Å². The van der Waals surface area contributed by atoms with Crippen molar-refractivity contribution in [2.75, 3.05) is 0 Å². The van der Waals surface area contributed by atoms with Crippen LogP contribution in [0.25, 0.3) is 0 Å². The zero-order chi connectivity index (χ0) is 6.81. The van der Waals surface area contributed by atoms with Gasteiger partial charge in [-0.3, -0.25) is 0 Å². The molecule has 0 fully saturated rings. The van der Waals surface area contributed by atoms with E-state index in [1.165, 1.54) is 5.56 Å². The first kappa shape index (κ1) is 9.48. The van der Waals surface area contributed by atoms with Gasteiger partial charge in [-0.15, -0.1) is 0 Å². The summed E-state index contributed by atoms with van der Waals surface area (Å²) in [6, 6.07) is 8.08. The molecule has 0 atom stereocenters. The summed E-state index contributed by atoms with van der Waals surface area (Å²) in [6.45, 7) is 0. The summed E-state index contributed by atoms with van der Waals surface area (Å²) >= 11 is 0. The van der Waals surface area contributed by atoms with Gasteiger partial charge in [0, 0.05) is 0 Å². The van der Waals surface area contributed by atoms with Gasteiger partial charge in [-0.1, -0.05) is 18.2 Å². The molecular weight excluding hydrogens is 163 g/mol. The molecule has 0 spiro atoms. The molecule has 2 heteroatoms. The van der Waals surface area contributed by atoms with E-state index >= 15 is 0 Å². The van der Waals surface area contributed by atoms with E-state index in [4.69, 9.17) is 4.74 Å². The molecule has 0 N–H and O–H groups in total. The number of hydrogen-bond donors (Lipinski definition) is 0. The summed E-state index contributed by atoms with van der Waals surface area (Å²) in [7, 11) is 0. The van der Waals surface area contributed by atoms with Crippen molar-refractivity contribution in [2.24, 2.45) is 0 Å². The van der Waals surface area contributed by atoms with Crippen molar-refractivity contribution in [1.82, 2.24) is 0 Å². The van der Waals surface area contributed by atoms with Crippen LogP contribution in [0.5, 0.6) is 5.75 Å². The second-order valence-electron chi connectivity index (χ2n) is 2.30. The van der Waals surface area contributed by atoms with E-state index in [-0.39, 0.29) is 51.4 Å². The summed E-state index contributed by atoms with van der Waals surface area (Å²) in [6.07, 6.45) is 4.75. The monoisotopic (exact) mass is 172 g/mol. The molecule has 0 bridgehead atoms. The van der Waals surface area contributed by atoms with Crippen LogP contribution in [-0.4, -0.2) is 51.4 Å². The third-order valence-electron chi connectivity index (χ3n) is 1.60. The number of ether oxygens (including phenoxy) is 1. The van der Waals surface area contributed by atoms with Gasteiger partial charge in [-0.25, -0.2) is 0 Å². The first-order valence-corrected chi connectivity index (χ1v) is 3.36. The van der Waals surface area contributed by atoms with E-state index in [2.05, 4.69) is 6.07 Å². The van der Waals surface area contributed by atoms with Crippen LogP contribution in [0.2, 0.25) is 0 Å². The van der Waals surface area contributed by atoms with Gasteiger partial charge in [0.25, 0.3) is 0 Å². The summed E-state index contributed by atoms with van der Waals surface area (Å²) in [5, 5.41) is 0. The Hall–Kier alpha value is 0.396. The van der Waals surface area contributed by atoms with Gasteiger partial charge in [0.15, 0.2) is 0 Å². The Balaban J connectivity index is 0.000000605. The zero-order valence-corrected chi connectivity index (χ0v) is 5.58. The predicted molar refractivity (Wildman–Crippen MR) is 47.1 cm³/mol. The Morgan fingerprint density at radius 2 is 2.00 bits per heavy atom. The standard InChI is InChI=1S/C9H8O.K.H/c1-2-6-9-8(4-1)5-3-7-10-9;;/h1-4,6-7H,5H2;;. The predicted octanol–water partition coefficient (Wildman–Crippen LogP) is 1.49. The Labute approximate surface area is 109 Å². The summed E-state index contributed by atoms with van der Waals surface area (Å²) < 4.78 is 5.24. The molecule has 0 aliphatic carbocycles. The first-order valence-electron chi connectivity index (χ1n) is 3.36. The molecular formula is C9H9KO. The third kappa shape index (κ3) is 2.17. The number of rotatable bonds is 0. The zero-order valence-electron chi connectivity index (χ0n) is 5.58. The minimum absolute atomic E-state index is 0. The van der Waals surface area contributed by atoms with Crippen molar-refractivity contribution in [3.05, 3.63) is 42.2 Å². The van der Waals surface area contributed by atoms with Crippen LogP contribution >= 0.6 is 0 Å². The SMILES string of the molecule is C1=COc2ccccc2C1.[KH]. The second kappa shape index (κ2) is 4.43. The molecule has 11 heavy (non-hydrogen) atoms. The van der Waals surface area contributed by atoms with Crippen molar-refractivity contribution in [3.63, 3.8) is 0 Å². The molecule has 0 saturated heterocycles.